The number of hydrogen-bond donors (Lipinski definition) is 2. The second-order valence-electron chi connectivity index (χ2n) is 9.12. The number of morpholine rings is 1. The van der Waals surface area contributed by atoms with Crippen LogP contribution >= 0.6 is 0 Å². The van der Waals surface area contributed by atoms with Crippen molar-refractivity contribution in [2.24, 2.45) is 0 Å². The van der Waals surface area contributed by atoms with Crippen LogP contribution in [0.15, 0.2) is 0 Å². The van der Waals surface area contributed by atoms with Gasteiger partial charge in [-0.3, -0.25) is 0 Å². The summed E-state index contributed by atoms with van der Waals surface area (Å²) in [5.41, 5.74) is -0.944. The lowest BCUT2D eigenvalue weighted by atomic mass is 10.2. The number of amides is 2. The lowest BCUT2D eigenvalue weighted by molar-refractivity contribution is 0.0228. The summed E-state index contributed by atoms with van der Waals surface area (Å²) in [6.07, 6.45) is -1.86. The fourth-order valence-corrected chi connectivity index (χ4v) is 2.73. The van der Waals surface area contributed by atoms with Crippen LogP contribution < -0.4 is 0 Å². The third kappa shape index (κ3) is 6.82. The number of carbonyl (C=O) groups excluding carboxylic acids is 2. The Morgan fingerprint density at radius 3 is 1.44 bits per heavy atom. The molecule has 3 aliphatic rings. The van der Waals surface area contributed by atoms with Crippen LogP contribution in [0.5, 0.6) is 0 Å². The van der Waals surface area contributed by atoms with E-state index in [0.717, 1.165) is 0 Å². The molecule has 0 aliphatic carbocycles. The molecule has 156 valence electrons. The number of β-amino-alcohol motifs (C(OH)–C–C–N with tert-alkyl or cyclic N) is 2. The number of ether oxygens (including phenoxy) is 3. The van der Waals surface area contributed by atoms with E-state index in [1.165, 1.54) is 4.90 Å². The molecule has 9 nitrogen and oxygen atoms in total. The number of aliphatic hydroxyl groups excluding tert-OH is 2. The van der Waals surface area contributed by atoms with Crippen molar-refractivity contribution in [1.29, 1.82) is 0 Å². The highest BCUT2D eigenvalue weighted by atomic mass is 16.6. The molecule has 2 N–H and O–H groups in total. The zero-order chi connectivity index (χ0) is 20.6. The first-order valence-corrected chi connectivity index (χ1v) is 9.22. The predicted octanol–water partition coefficient (Wildman–Crippen LogP) is 0.963. The van der Waals surface area contributed by atoms with Crippen LogP contribution in [-0.2, 0) is 14.2 Å². The van der Waals surface area contributed by atoms with E-state index in [1.807, 2.05) is 20.8 Å². The highest BCUT2D eigenvalue weighted by Gasteiger charge is 2.49. The first kappa shape index (κ1) is 21.7. The molecule has 2 amide bonds. The van der Waals surface area contributed by atoms with Crippen LogP contribution in [0.3, 0.4) is 0 Å². The molecule has 3 rings (SSSR count). The third-order valence-corrected chi connectivity index (χ3v) is 4.05. The third-order valence-electron chi connectivity index (χ3n) is 4.05. The minimum atomic E-state index is -0.859. The average molecular weight is 388 g/mol. The molecule has 3 aliphatic heterocycles. The second-order valence-corrected chi connectivity index (χ2v) is 9.12. The Balaban J connectivity index is 0.000000194. The van der Waals surface area contributed by atoms with Gasteiger partial charge in [0, 0.05) is 0 Å². The van der Waals surface area contributed by atoms with Crippen molar-refractivity contribution in [1.82, 2.24) is 9.80 Å². The van der Waals surface area contributed by atoms with Crippen molar-refractivity contribution < 1.29 is 34.0 Å². The Kier molecular flexibility index (Phi) is 6.28. The first-order chi connectivity index (χ1) is 12.2. The van der Waals surface area contributed by atoms with E-state index in [-0.39, 0.29) is 31.4 Å². The normalized spacial score (nSPS) is 29.6. The van der Waals surface area contributed by atoms with Gasteiger partial charge in [-0.05, 0) is 41.5 Å². The summed E-state index contributed by atoms with van der Waals surface area (Å²) in [7, 11) is 0. The molecular weight excluding hydrogens is 356 g/mol. The van der Waals surface area contributed by atoms with Crippen LogP contribution in [0.25, 0.3) is 0 Å². The van der Waals surface area contributed by atoms with Gasteiger partial charge in [0.1, 0.15) is 23.4 Å². The Morgan fingerprint density at radius 1 is 0.778 bits per heavy atom. The number of epoxide rings is 1. The number of nitrogens with zero attached hydrogens (tertiary/aromatic N) is 2. The maximum atomic E-state index is 11.5. The largest absolute Gasteiger partial charge is 0.444 e. The van der Waals surface area contributed by atoms with E-state index in [0.29, 0.717) is 13.1 Å². The van der Waals surface area contributed by atoms with E-state index >= 15 is 0 Å². The molecule has 3 heterocycles. The Hall–Kier alpha value is -1.58. The minimum absolute atomic E-state index is 0.135. The molecule has 0 aromatic rings. The quantitative estimate of drug-likeness (QED) is 0.595. The van der Waals surface area contributed by atoms with Crippen molar-refractivity contribution in [2.75, 3.05) is 26.2 Å². The summed E-state index contributed by atoms with van der Waals surface area (Å²) < 4.78 is 15.5. The van der Waals surface area contributed by atoms with Crippen molar-refractivity contribution in [3.05, 3.63) is 0 Å². The number of aliphatic hydroxyl groups is 2. The minimum Gasteiger partial charge on any atom is -0.444 e. The Bertz CT molecular complexity index is 535. The number of carbonyl (C=O) groups is 2. The number of fused-ring (bicyclic) bond motifs is 1. The molecule has 0 spiro atoms. The monoisotopic (exact) mass is 388 g/mol. The van der Waals surface area contributed by atoms with Gasteiger partial charge in [-0.25, -0.2) is 9.59 Å². The van der Waals surface area contributed by atoms with E-state index < -0.39 is 29.5 Å². The molecule has 3 fully saturated rings. The van der Waals surface area contributed by atoms with Crippen LogP contribution in [0, 0.1) is 0 Å². The molecule has 27 heavy (non-hydrogen) atoms. The van der Waals surface area contributed by atoms with Gasteiger partial charge < -0.3 is 34.2 Å². The molecule has 4 atom stereocenters. The van der Waals surface area contributed by atoms with Crippen molar-refractivity contribution in [2.45, 2.75) is 77.2 Å². The predicted molar refractivity (Wildman–Crippen MR) is 96.3 cm³/mol. The maximum Gasteiger partial charge on any atom is 0.410 e. The van der Waals surface area contributed by atoms with E-state index in [4.69, 9.17) is 14.2 Å². The van der Waals surface area contributed by atoms with Gasteiger partial charge in [0.15, 0.2) is 0 Å². The topological polar surface area (TPSA) is 112 Å². The molecular formula is C18H32N2O7. The molecule has 0 aromatic carbocycles. The van der Waals surface area contributed by atoms with Crippen LogP contribution in [0.2, 0.25) is 0 Å². The fourth-order valence-electron chi connectivity index (χ4n) is 2.73. The molecule has 3 saturated heterocycles. The van der Waals surface area contributed by atoms with Gasteiger partial charge >= 0.3 is 12.2 Å². The van der Waals surface area contributed by atoms with Gasteiger partial charge in [-0.15, -0.1) is 0 Å². The molecule has 0 saturated carbocycles. The van der Waals surface area contributed by atoms with Gasteiger partial charge in [0.2, 0.25) is 0 Å². The van der Waals surface area contributed by atoms with Crippen molar-refractivity contribution in [3.63, 3.8) is 0 Å². The number of hydrogen-bond acceptors (Lipinski definition) is 7. The number of rotatable bonds is 0. The van der Waals surface area contributed by atoms with Crippen LogP contribution in [0.1, 0.15) is 41.5 Å². The first-order valence-electron chi connectivity index (χ1n) is 9.22. The Labute approximate surface area is 160 Å². The standard InChI is InChI=1S/C9H17NO4.C9H15NO3/c1-9(2,3)14-8(13)10-4-6(11)7(12)5-10;1-9(2,3)13-8(11)10-4-6-7(5-10)12-6/h6-7,11-12H,4-5H2,1-3H3;6-7H,4-5H2,1-3H3/t6-,7-;/m1./s1. The summed E-state index contributed by atoms with van der Waals surface area (Å²) in [4.78, 5) is 25.9. The SMILES string of the molecule is CC(C)(C)OC(=O)N1CC2OC2C1.CC(C)(C)OC(=O)N1C[C@@H](O)[C@H](O)C1. The lowest BCUT2D eigenvalue weighted by Gasteiger charge is -2.24. The summed E-state index contributed by atoms with van der Waals surface area (Å²) >= 11 is 0. The summed E-state index contributed by atoms with van der Waals surface area (Å²) in [5, 5.41) is 18.4. The lowest BCUT2D eigenvalue weighted by Crippen LogP contribution is -2.37. The Morgan fingerprint density at radius 2 is 1.11 bits per heavy atom. The van der Waals surface area contributed by atoms with Crippen LogP contribution in [-0.4, -0.2) is 94.0 Å². The molecule has 0 radical (unpaired) electrons. The van der Waals surface area contributed by atoms with Crippen molar-refractivity contribution >= 4 is 12.2 Å². The van der Waals surface area contributed by atoms with Gasteiger partial charge in [-0.2, -0.15) is 0 Å². The fraction of sp³-hybridized carbons (Fsp3) is 0.889. The highest BCUT2D eigenvalue weighted by molar-refractivity contribution is 5.69. The maximum absolute atomic E-state index is 11.5. The second kappa shape index (κ2) is 7.81. The summed E-state index contributed by atoms with van der Waals surface area (Å²) in [5.74, 6) is 0. The molecule has 0 bridgehead atoms. The van der Waals surface area contributed by atoms with Crippen LogP contribution in [0.4, 0.5) is 9.59 Å². The van der Waals surface area contributed by atoms with E-state index in [1.54, 1.807) is 25.7 Å². The zero-order valence-corrected chi connectivity index (χ0v) is 17.0. The highest BCUT2D eigenvalue weighted by Crippen LogP contribution is 2.31. The average Bonchev–Trinajstić information content (AvgIpc) is 2.92. The van der Waals surface area contributed by atoms with Gasteiger partial charge in [0.05, 0.1) is 38.4 Å². The van der Waals surface area contributed by atoms with Gasteiger partial charge in [0.25, 0.3) is 0 Å². The van der Waals surface area contributed by atoms with Crippen molar-refractivity contribution in [3.8, 4) is 0 Å². The zero-order valence-electron chi connectivity index (χ0n) is 17.0. The summed E-state index contributed by atoms with van der Waals surface area (Å²) in [6, 6.07) is 0. The smallest absolute Gasteiger partial charge is 0.410 e. The molecule has 0 aromatic heterocycles. The molecule has 2 unspecified atom stereocenters. The molecule has 9 heteroatoms. The van der Waals surface area contributed by atoms with E-state index in [9.17, 15) is 19.8 Å². The van der Waals surface area contributed by atoms with Gasteiger partial charge in [-0.1, -0.05) is 0 Å². The number of likely N-dealkylation sites (tertiary alicyclic amines) is 2. The summed E-state index contributed by atoms with van der Waals surface area (Å²) in [6.45, 7) is 12.6. The van der Waals surface area contributed by atoms with E-state index in [2.05, 4.69) is 0 Å².